The van der Waals surface area contributed by atoms with E-state index in [4.69, 9.17) is 4.98 Å². The molecular formula is C14H12BrN3S. The van der Waals surface area contributed by atoms with Crippen molar-refractivity contribution >= 4 is 43.7 Å². The molecule has 0 saturated carbocycles. The van der Waals surface area contributed by atoms with Gasteiger partial charge in [0.1, 0.15) is 0 Å². The second-order valence-electron chi connectivity index (χ2n) is 4.60. The van der Waals surface area contributed by atoms with Crippen LogP contribution in [0.1, 0.15) is 11.3 Å². The third-order valence-corrected chi connectivity index (χ3v) is 4.90. The molecule has 0 atom stereocenters. The molecule has 1 aliphatic heterocycles. The van der Waals surface area contributed by atoms with Gasteiger partial charge in [0, 0.05) is 29.1 Å². The molecule has 3 nitrogen and oxygen atoms in total. The molecule has 0 unspecified atom stereocenters. The van der Waals surface area contributed by atoms with Crippen molar-refractivity contribution in [2.75, 3.05) is 11.4 Å². The summed E-state index contributed by atoms with van der Waals surface area (Å²) in [5, 5.41) is 2.90. The highest BCUT2D eigenvalue weighted by atomic mass is 79.9. The monoisotopic (exact) mass is 333 g/mol. The number of benzene rings is 1. The van der Waals surface area contributed by atoms with Crippen molar-refractivity contribution in [2.45, 2.75) is 11.8 Å². The molecule has 0 N–H and O–H groups in total. The van der Waals surface area contributed by atoms with Gasteiger partial charge < -0.3 is 4.90 Å². The molecule has 0 fully saturated rings. The Morgan fingerprint density at radius 1 is 1.32 bits per heavy atom. The van der Waals surface area contributed by atoms with E-state index in [0.29, 0.717) is 0 Å². The summed E-state index contributed by atoms with van der Waals surface area (Å²) in [6, 6.07) is 8.61. The van der Waals surface area contributed by atoms with Crippen molar-refractivity contribution in [3.8, 4) is 0 Å². The lowest BCUT2D eigenvalue weighted by molar-refractivity contribution is 0.970. The molecule has 96 valence electrons. The number of fused-ring (bicyclic) bond motifs is 2. The third kappa shape index (κ3) is 1.65. The molecule has 3 heterocycles. The van der Waals surface area contributed by atoms with Crippen LogP contribution in [-0.4, -0.2) is 15.9 Å². The molecule has 0 amide bonds. The number of thiazole rings is 1. The van der Waals surface area contributed by atoms with Gasteiger partial charge in [-0.05, 0) is 18.1 Å². The van der Waals surface area contributed by atoms with Crippen LogP contribution in [0, 0.1) is 0 Å². The number of alkyl halides is 1. The van der Waals surface area contributed by atoms with E-state index in [1.165, 1.54) is 16.9 Å². The number of halogens is 1. The van der Waals surface area contributed by atoms with Gasteiger partial charge in [0.25, 0.3) is 0 Å². The maximum atomic E-state index is 4.80. The average Bonchev–Trinajstić information content (AvgIpc) is 3.11. The minimum absolute atomic E-state index is 0.818. The minimum atomic E-state index is 0.818. The van der Waals surface area contributed by atoms with E-state index < -0.39 is 0 Å². The Hall–Kier alpha value is -1.33. The van der Waals surface area contributed by atoms with E-state index in [-0.39, 0.29) is 0 Å². The normalized spacial score (nSPS) is 14.3. The molecule has 1 aliphatic rings. The predicted molar refractivity (Wildman–Crippen MR) is 82.9 cm³/mol. The summed E-state index contributed by atoms with van der Waals surface area (Å²) in [4.78, 5) is 8.20. The Balaban J connectivity index is 1.89. The second-order valence-corrected chi connectivity index (χ2v) is 6.04. The zero-order chi connectivity index (χ0) is 12.8. The van der Waals surface area contributed by atoms with E-state index in [2.05, 4.69) is 61.1 Å². The molecular weight excluding hydrogens is 322 g/mol. The van der Waals surface area contributed by atoms with Gasteiger partial charge in [0.2, 0.25) is 0 Å². The van der Waals surface area contributed by atoms with Crippen LogP contribution in [0.3, 0.4) is 0 Å². The summed E-state index contributed by atoms with van der Waals surface area (Å²) in [6.45, 7) is 1.02. The van der Waals surface area contributed by atoms with Crippen LogP contribution in [-0.2, 0) is 11.8 Å². The number of rotatable bonds is 2. The fraction of sp³-hybridized carbons (Fsp3) is 0.214. The number of nitrogens with zero attached hydrogens (tertiary/aromatic N) is 3. The van der Waals surface area contributed by atoms with E-state index in [0.717, 1.165) is 29.1 Å². The van der Waals surface area contributed by atoms with Gasteiger partial charge in [-0.25, -0.2) is 4.98 Å². The maximum absolute atomic E-state index is 4.80. The Bertz CT molecular complexity index is 746. The van der Waals surface area contributed by atoms with Crippen LogP contribution in [0.2, 0.25) is 0 Å². The molecule has 4 rings (SSSR count). The zero-order valence-electron chi connectivity index (χ0n) is 10.2. The predicted octanol–water partition coefficient (Wildman–Crippen LogP) is 3.98. The summed E-state index contributed by atoms with van der Waals surface area (Å²) in [7, 11) is 0. The lowest BCUT2D eigenvalue weighted by Crippen LogP contribution is -2.15. The Labute approximate surface area is 123 Å². The first kappa shape index (κ1) is 11.5. The summed E-state index contributed by atoms with van der Waals surface area (Å²) >= 11 is 5.28. The highest BCUT2D eigenvalue weighted by Crippen LogP contribution is 2.37. The van der Waals surface area contributed by atoms with Gasteiger partial charge in [0.15, 0.2) is 10.8 Å². The third-order valence-electron chi connectivity index (χ3n) is 3.61. The van der Waals surface area contributed by atoms with Gasteiger partial charge in [-0.15, -0.1) is 11.3 Å². The van der Waals surface area contributed by atoms with Crippen LogP contribution < -0.4 is 4.90 Å². The Morgan fingerprint density at radius 3 is 3.11 bits per heavy atom. The highest BCUT2D eigenvalue weighted by Gasteiger charge is 2.25. The van der Waals surface area contributed by atoms with Gasteiger partial charge >= 0.3 is 0 Å². The van der Waals surface area contributed by atoms with Crippen LogP contribution in [0.5, 0.6) is 0 Å². The second kappa shape index (κ2) is 4.35. The Kier molecular flexibility index (Phi) is 2.63. The van der Waals surface area contributed by atoms with E-state index in [1.807, 2.05) is 0 Å². The largest absolute Gasteiger partial charge is 0.324 e. The van der Waals surface area contributed by atoms with Crippen LogP contribution in [0.25, 0.3) is 4.96 Å². The van der Waals surface area contributed by atoms with Crippen LogP contribution in [0.4, 0.5) is 11.5 Å². The quantitative estimate of drug-likeness (QED) is 0.661. The maximum Gasteiger partial charge on any atom is 0.195 e. The summed E-state index contributed by atoms with van der Waals surface area (Å²) in [5.41, 5.74) is 3.95. The highest BCUT2D eigenvalue weighted by molar-refractivity contribution is 9.08. The molecule has 19 heavy (non-hydrogen) atoms. The van der Waals surface area contributed by atoms with E-state index in [9.17, 15) is 0 Å². The molecule has 5 heteroatoms. The number of para-hydroxylation sites is 1. The fourth-order valence-corrected chi connectivity index (χ4v) is 3.97. The van der Waals surface area contributed by atoms with Crippen LogP contribution in [0.15, 0.2) is 35.8 Å². The number of imidazole rings is 1. The minimum Gasteiger partial charge on any atom is -0.324 e. The number of anilines is 2. The molecule has 0 aliphatic carbocycles. The van der Waals surface area contributed by atoms with Crippen LogP contribution >= 0.6 is 27.3 Å². The number of hydrogen-bond donors (Lipinski definition) is 0. The lowest BCUT2D eigenvalue weighted by Gasteiger charge is -2.17. The number of aromatic nitrogens is 2. The summed E-state index contributed by atoms with van der Waals surface area (Å²) in [6.07, 6.45) is 3.19. The van der Waals surface area contributed by atoms with Crippen molar-refractivity contribution < 1.29 is 0 Å². The van der Waals surface area contributed by atoms with Gasteiger partial charge in [-0.1, -0.05) is 34.1 Å². The smallest absolute Gasteiger partial charge is 0.195 e. The zero-order valence-corrected chi connectivity index (χ0v) is 12.6. The SMILES string of the molecule is BrCc1c(N2CCc3ccccc32)nc2sccn12. The van der Waals surface area contributed by atoms with Crippen molar-refractivity contribution in [3.05, 3.63) is 47.1 Å². The van der Waals surface area contributed by atoms with Gasteiger partial charge in [0.05, 0.1) is 5.69 Å². The van der Waals surface area contributed by atoms with Gasteiger partial charge in [-0.2, -0.15) is 0 Å². The first-order valence-electron chi connectivity index (χ1n) is 6.24. The molecule has 1 aromatic carbocycles. The van der Waals surface area contributed by atoms with Crippen molar-refractivity contribution in [1.82, 2.24) is 9.38 Å². The summed E-state index contributed by atoms with van der Waals surface area (Å²) in [5.74, 6) is 1.09. The van der Waals surface area contributed by atoms with E-state index in [1.54, 1.807) is 11.3 Å². The topological polar surface area (TPSA) is 20.5 Å². The first-order chi connectivity index (χ1) is 9.38. The standard InChI is InChI=1S/C14H12BrN3S/c15-9-12-13(16-14-18(12)7-8-19-14)17-6-5-10-3-1-2-4-11(10)17/h1-4,7-8H,5-6,9H2. The average molecular weight is 334 g/mol. The number of hydrogen-bond acceptors (Lipinski definition) is 3. The Morgan fingerprint density at radius 2 is 2.21 bits per heavy atom. The summed E-state index contributed by atoms with van der Waals surface area (Å²) < 4.78 is 2.18. The molecule has 0 radical (unpaired) electrons. The van der Waals surface area contributed by atoms with Crippen molar-refractivity contribution in [1.29, 1.82) is 0 Å². The first-order valence-corrected chi connectivity index (χ1v) is 8.24. The van der Waals surface area contributed by atoms with Gasteiger partial charge in [-0.3, -0.25) is 4.40 Å². The lowest BCUT2D eigenvalue weighted by atomic mass is 10.2. The molecule has 0 saturated heterocycles. The molecule has 0 spiro atoms. The molecule has 2 aromatic heterocycles. The fourth-order valence-electron chi connectivity index (χ4n) is 2.72. The van der Waals surface area contributed by atoms with Crippen molar-refractivity contribution in [2.24, 2.45) is 0 Å². The molecule has 0 bridgehead atoms. The van der Waals surface area contributed by atoms with E-state index >= 15 is 0 Å². The molecule has 3 aromatic rings. The van der Waals surface area contributed by atoms with Crippen molar-refractivity contribution in [3.63, 3.8) is 0 Å².